The van der Waals surface area contributed by atoms with Crippen LogP contribution in [0.1, 0.15) is 58.8 Å². The molecule has 1 saturated carbocycles. The van der Waals surface area contributed by atoms with Gasteiger partial charge in [-0.1, -0.05) is 26.7 Å². The summed E-state index contributed by atoms with van der Waals surface area (Å²) >= 11 is 0. The van der Waals surface area contributed by atoms with Crippen molar-refractivity contribution >= 4 is 11.8 Å². The van der Waals surface area contributed by atoms with E-state index in [-0.39, 0.29) is 29.9 Å². The second kappa shape index (κ2) is 10.1. The van der Waals surface area contributed by atoms with Crippen molar-refractivity contribution in [1.29, 1.82) is 0 Å². The topological polar surface area (TPSA) is 84.7 Å². The second-order valence-corrected chi connectivity index (χ2v) is 7.63. The number of carbonyl (C=O) groups excluding carboxylic acids is 2. The molecule has 1 saturated heterocycles. The number of carbonyl (C=O) groups is 2. The molecule has 4 atom stereocenters. The lowest BCUT2D eigenvalue weighted by Crippen LogP contribution is -2.50. The van der Waals surface area contributed by atoms with Gasteiger partial charge in [0.25, 0.3) is 5.91 Å². The van der Waals surface area contributed by atoms with Crippen molar-refractivity contribution in [2.45, 2.75) is 71.0 Å². The maximum atomic E-state index is 12.9. The number of ether oxygens (including phenoxy) is 1. The van der Waals surface area contributed by atoms with Gasteiger partial charge >= 0.3 is 0 Å². The van der Waals surface area contributed by atoms with Gasteiger partial charge in [-0.05, 0) is 38.0 Å². The average molecular weight is 354 g/mol. The van der Waals surface area contributed by atoms with Gasteiger partial charge in [0, 0.05) is 26.2 Å². The predicted molar refractivity (Wildman–Crippen MR) is 98.0 cm³/mol. The van der Waals surface area contributed by atoms with Crippen LogP contribution < -0.4 is 11.1 Å². The molecule has 0 aromatic rings. The first-order valence-corrected chi connectivity index (χ1v) is 9.97. The Hall–Kier alpha value is -1.14. The van der Waals surface area contributed by atoms with Crippen LogP contribution in [-0.4, -0.2) is 55.1 Å². The molecule has 0 bridgehead atoms. The van der Waals surface area contributed by atoms with Crippen LogP contribution >= 0.6 is 0 Å². The third-order valence-corrected chi connectivity index (χ3v) is 5.44. The molecule has 2 rings (SSSR count). The van der Waals surface area contributed by atoms with Crippen LogP contribution in [0.3, 0.4) is 0 Å². The fraction of sp³-hybridized carbons (Fsp3) is 0.895. The average Bonchev–Trinajstić information content (AvgIpc) is 2.63. The summed E-state index contributed by atoms with van der Waals surface area (Å²) < 4.78 is 6.18. The van der Waals surface area contributed by atoms with E-state index in [9.17, 15) is 9.59 Å². The Morgan fingerprint density at radius 1 is 1.28 bits per heavy atom. The van der Waals surface area contributed by atoms with Crippen LogP contribution in [0.15, 0.2) is 0 Å². The van der Waals surface area contributed by atoms with E-state index in [1.807, 2.05) is 11.8 Å². The Labute approximate surface area is 151 Å². The highest BCUT2D eigenvalue weighted by Gasteiger charge is 2.33. The quantitative estimate of drug-likeness (QED) is 0.729. The second-order valence-electron chi connectivity index (χ2n) is 7.63. The van der Waals surface area contributed by atoms with E-state index < -0.39 is 0 Å². The standard InChI is InChI=1S/C19H35N3O3/c1-3-17(25-16-8-4-6-14(2)12-16)19(24)22-11-5-7-15(13-22)18(23)21-10-9-20/h14-17H,3-13,20H2,1-2H3,(H,21,23). The molecule has 1 aliphatic carbocycles. The number of nitrogens with two attached hydrogens (primary N) is 1. The van der Waals surface area contributed by atoms with Crippen molar-refractivity contribution in [2.75, 3.05) is 26.2 Å². The molecular weight excluding hydrogens is 318 g/mol. The Morgan fingerprint density at radius 3 is 2.76 bits per heavy atom. The highest BCUT2D eigenvalue weighted by Crippen LogP contribution is 2.28. The van der Waals surface area contributed by atoms with Crippen molar-refractivity contribution in [2.24, 2.45) is 17.6 Å². The summed E-state index contributed by atoms with van der Waals surface area (Å²) in [5, 5.41) is 2.84. The minimum absolute atomic E-state index is 0.0121. The molecule has 6 heteroatoms. The highest BCUT2D eigenvalue weighted by atomic mass is 16.5. The van der Waals surface area contributed by atoms with E-state index in [2.05, 4.69) is 12.2 Å². The molecule has 2 aliphatic rings. The minimum Gasteiger partial charge on any atom is -0.365 e. The van der Waals surface area contributed by atoms with Crippen molar-refractivity contribution < 1.29 is 14.3 Å². The number of piperidine rings is 1. The molecule has 0 radical (unpaired) electrons. The fourth-order valence-corrected chi connectivity index (χ4v) is 4.00. The molecule has 0 aromatic carbocycles. The summed E-state index contributed by atoms with van der Waals surface area (Å²) in [4.78, 5) is 26.9. The van der Waals surface area contributed by atoms with Crippen molar-refractivity contribution in [1.82, 2.24) is 10.2 Å². The maximum Gasteiger partial charge on any atom is 0.251 e. The lowest BCUT2D eigenvalue weighted by molar-refractivity contribution is -0.152. The Balaban J connectivity index is 1.88. The van der Waals surface area contributed by atoms with Crippen LogP contribution in [0, 0.1) is 11.8 Å². The number of rotatable bonds is 7. The zero-order valence-electron chi connectivity index (χ0n) is 15.8. The molecular formula is C19H35N3O3. The molecule has 1 heterocycles. The van der Waals surface area contributed by atoms with E-state index >= 15 is 0 Å². The number of nitrogens with zero attached hydrogens (tertiary/aromatic N) is 1. The summed E-state index contributed by atoms with van der Waals surface area (Å²) in [6, 6.07) is 0. The van der Waals surface area contributed by atoms with Crippen LogP contribution in [0.25, 0.3) is 0 Å². The van der Waals surface area contributed by atoms with E-state index in [1.165, 1.54) is 12.8 Å². The molecule has 25 heavy (non-hydrogen) atoms. The first-order chi connectivity index (χ1) is 12.0. The molecule has 6 nitrogen and oxygen atoms in total. The van der Waals surface area contributed by atoms with Crippen LogP contribution in [0.2, 0.25) is 0 Å². The van der Waals surface area contributed by atoms with Gasteiger partial charge in [0.1, 0.15) is 6.10 Å². The third kappa shape index (κ3) is 5.96. The monoisotopic (exact) mass is 353 g/mol. The molecule has 0 spiro atoms. The first-order valence-electron chi connectivity index (χ1n) is 9.97. The van der Waals surface area contributed by atoms with Gasteiger partial charge in [-0.15, -0.1) is 0 Å². The van der Waals surface area contributed by atoms with Crippen molar-refractivity contribution in [3.05, 3.63) is 0 Å². The summed E-state index contributed by atoms with van der Waals surface area (Å²) in [7, 11) is 0. The van der Waals surface area contributed by atoms with E-state index in [4.69, 9.17) is 10.5 Å². The molecule has 1 aliphatic heterocycles. The number of nitrogens with one attached hydrogen (secondary N) is 1. The van der Waals surface area contributed by atoms with Crippen LogP contribution in [-0.2, 0) is 14.3 Å². The van der Waals surface area contributed by atoms with E-state index in [0.717, 1.165) is 32.2 Å². The van der Waals surface area contributed by atoms with E-state index in [0.29, 0.717) is 32.0 Å². The first kappa shape index (κ1) is 20.2. The zero-order valence-corrected chi connectivity index (χ0v) is 15.8. The number of amides is 2. The van der Waals surface area contributed by atoms with Gasteiger partial charge < -0.3 is 20.7 Å². The van der Waals surface area contributed by atoms with Gasteiger partial charge in [-0.3, -0.25) is 9.59 Å². The lowest BCUT2D eigenvalue weighted by Gasteiger charge is -2.36. The van der Waals surface area contributed by atoms with Gasteiger partial charge in [0.05, 0.1) is 12.0 Å². The molecule has 3 N–H and O–H groups in total. The summed E-state index contributed by atoms with van der Waals surface area (Å²) in [5.74, 6) is 0.614. The molecule has 2 amide bonds. The van der Waals surface area contributed by atoms with E-state index in [1.54, 1.807) is 0 Å². The normalized spacial score (nSPS) is 28.4. The maximum absolute atomic E-state index is 12.9. The SMILES string of the molecule is CCC(OC1CCCC(C)C1)C(=O)N1CCCC(C(=O)NCCN)C1. The Morgan fingerprint density at radius 2 is 2.08 bits per heavy atom. The summed E-state index contributed by atoms with van der Waals surface area (Å²) in [6.07, 6.45) is 6.75. The number of hydrogen-bond acceptors (Lipinski definition) is 4. The fourth-order valence-electron chi connectivity index (χ4n) is 4.00. The van der Waals surface area contributed by atoms with Gasteiger partial charge in [0.15, 0.2) is 0 Å². The molecule has 4 unspecified atom stereocenters. The van der Waals surface area contributed by atoms with Gasteiger partial charge in [0.2, 0.25) is 5.91 Å². The Bertz CT molecular complexity index is 444. The number of hydrogen-bond donors (Lipinski definition) is 2. The number of likely N-dealkylation sites (tertiary alicyclic amines) is 1. The largest absolute Gasteiger partial charge is 0.365 e. The van der Waals surface area contributed by atoms with Crippen LogP contribution in [0.4, 0.5) is 0 Å². The minimum atomic E-state index is -0.374. The smallest absolute Gasteiger partial charge is 0.251 e. The summed E-state index contributed by atoms with van der Waals surface area (Å²) in [5.41, 5.74) is 5.44. The molecule has 2 fully saturated rings. The van der Waals surface area contributed by atoms with Crippen molar-refractivity contribution in [3.8, 4) is 0 Å². The van der Waals surface area contributed by atoms with Gasteiger partial charge in [-0.25, -0.2) is 0 Å². The Kier molecular flexibility index (Phi) is 8.16. The summed E-state index contributed by atoms with van der Waals surface area (Å²) in [6.45, 7) is 6.41. The molecule has 0 aromatic heterocycles. The highest BCUT2D eigenvalue weighted by molar-refractivity contribution is 5.83. The predicted octanol–water partition coefficient (Wildman–Crippen LogP) is 1.67. The van der Waals surface area contributed by atoms with Gasteiger partial charge in [-0.2, -0.15) is 0 Å². The van der Waals surface area contributed by atoms with Crippen LogP contribution in [0.5, 0.6) is 0 Å². The third-order valence-electron chi connectivity index (χ3n) is 5.44. The van der Waals surface area contributed by atoms with Crippen molar-refractivity contribution in [3.63, 3.8) is 0 Å². The zero-order chi connectivity index (χ0) is 18.2. The lowest BCUT2D eigenvalue weighted by atomic mass is 9.88. The molecule has 144 valence electrons.